The summed E-state index contributed by atoms with van der Waals surface area (Å²) in [5.74, 6) is -0.0507. The Balaban J connectivity index is 1.99. The van der Waals surface area contributed by atoms with Crippen molar-refractivity contribution >= 4 is 51.4 Å². The van der Waals surface area contributed by atoms with E-state index in [2.05, 4.69) is 27.4 Å². The lowest BCUT2D eigenvalue weighted by molar-refractivity contribution is -0.120. The number of benzene rings is 1. The number of aromatic nitrogens is 2. The van der Waals surface area contributed by atoms with Gasteiger partial charge in [-0.05, 0) is 31.5 Å². The van der Waals surface area contributed by atoms with Crippen LogP contribution in [0.25, 0.3) is 0 Å². The minimum atomic E-state index is -0.247. The molecule has 0 fully saturated rings. The van der Waals surface area contributed by atoms with Gasteiger partial charge in [-0.15, -0.1) is 16.8 Å². The topological polar surface area (TPSA) is 66.9 Å². The van der Waals surface area contributed by atoms with Gasteiger partial charge in [0.1, 0.15) is 0 Å². The Hall–Kier alpha value is -1.57. The van der Waals surface area contributed by atoms with Gasteiger partial charge in [0.2, 0.25) is 11.0 Å². The zero-order chi connectivity index (χ0) is 16.8. The molecule has 0 bridgehead atoms. The van der Waals surface area contributed by atoms with Gasteiger partial charge in [0, 0.05) is 17.3 Å². The second-order valence-corrected chi connectivity index (χ2v) is 7.68. The SMILES string of the molecule is C=CCNC(=O)C(C)Sc1nnc(Nc2cccc(Cl)c2C)s1. The van der Waals surface area contributed by atoms with Crippen molar-refractivity contribution in [3.05, 3.63) is 41.4 Å². The Labute approximate surface area is 148 Å². The molecule has 0 radical (unpaired) electrons. The van der Waals surface area contributed by atoms with Gasteiger partial charge in [-0.25, -0.2) is 0 Å². The lowest BCUT2D eigenvalue weighted by Gasteiger charge is -2.08. The van der Waals surface area contributed by atoms with Crippen molar-refractivity contribution in [2.24, 2.45) is 0 Å². The Morgan fingerprint density at radius 3 is 3.04 bits per heavy atom. The molecule has 0 aliphatic rings. The minimum Gasteiger partial charge on any atom is -0.352 e. The first-order chi connectivity index (χ1) is 11.0. The van der Waals surface area contributed by atoms with Crippen LogP contribution in [0.2, 0.25) is 5.02 Å². The molecule has 1 aromatic heterocycles. The molecule has 2 N–H and O–H groups in total. The van der Waals surface area contributed by atoms with Crippen LogP contribution >= 0.6 is 34.7 Å². The van der Waals surface area contributed by atoms with Gasteiger partial charge in [0.05, 0.1) is 5.25 Å². The molecule has 0 saturated heterocycles. The fourth-order valence-corrected chi connectivity index (χ4v) is 3.79. The number of amides is 1. The average Bonchev–Trinajstić information content (AvgIpc) is 2.96. The van der Waals surface area contributed by atoms with Crippen LogP contribution in [0.3, 0.4) is 0 Å². The first-order valence-corrected chi connectivity index (χ1v) is 8.99. The molecule has 2 rings (SSSR count). The monoisotopic (exact) mass is 368 g/mol. The third-order valence-corrected chi connectivity index (χ3v) is 5.42. The van der Waals surface area contributed by atoms with Gasteiger partial charge in [-0.1, -0.05) is 46.8 Å². The second kappa shape index (κ2) is 8.33. The highest BCUT2D eigenvalue weighted by Gasteiger charge is 2.16. The molecule has 23 heavy (non-hydrogen) atoms. The number of hydrogen-bond donors (Lipinski definition) is 2. The van der Waals surface area contributed by atoms with Crippen molar-refractivity contribution in [3.8, 4) is 0 Å². The zero-order valence-corrected chi connectivity index (χ0v) is 15.2. The third-order valence-electron chi connectivity index (χ3n) is 2.98. The van der Waals surface area contributed by atoms with E-state index in [4.69, 9.17) is 11.6 Å². The van der Waals surface area contributed by atoms with E-state index in [0.29, 0.717) is 16.7 Å². The number of carbonyl (C=O) groups excluding carboxylic acids is 1. The first kappa shape index (κ1) is 17.8. The minimum absolute atomic E-state index is 0.0507. The van der Waals surface area contributed by atoms with E-state index in [0.717, 1.165) is 15.6 Å². The molecule has 2 aromatic rings. The largest absolute Gasteiger partial charge is 0.352 e. The smallest absolute Gasteiger partial charge is 0.233 e. The van der Waals surface area contributed by atoms with Crippen molar-refractivity contribution in [1.29, 1.82) is 0 Å². The normalized spacial score (nSPS) is 11.8. The summed E-state index contributed by atoms with van der Waals surface area (Å²) >= 11 is 8.87. The summed E-state index contributed by atoms with van der Waals surface area (Å²) in [6.45, 7) is 7.80. The van der Waals surface area contributed by atoms with Gasteiger partial charge in [0.15, 0.2) is 4.34 Å². The predicted octanol–water partition coefficient (Wildman–Crippen LogP) is 4.03. The highest BCUT2D eigenvalue weighted by Crippen LogP contribution is 2.32. The lowest BCUT2D eigenvalue weighted by atomic mass is 10.2. The van der Waals surface area contributed by atoms with Crippen molar-refractivity contribution < 1.29 is 4.79 Å². The third kappa shape index (κ3) is 4.95. The first-order valence-electron chi connectivity index (χ1n) is 6.92. The van der Waals surface area contributed by atoms with E-state index in [1.165, 1.54) is 23.1 Å². The molecule has 0 aliphatic carbocycles. The average molecular weight is 369 g/mol. The number of rotatable bonds is 7. The van der Waals surface area contributed by atoms with Crippen LogP contribution in [0.4, 0.5) is 10.8 Å². The van der Waals surface area contributed by atoms with Crippen molar-refractivity contribution in [2.45, 2.75) is 23.4 Å². The van der Waals surface area contributed by atoms with Crippen LogP contribution < -0.4 is 10.6 Å². The fourth-order valence-electron chi connectivity index (χ4n) is 1.69. The van der Waals surface area contributed by atoms with Crippen LogP contribution in [0.5, 0.6) is 0 Å². The van der Waals surface area contributed by atoms with Crippen molar-refractivity contribution in [1.82, 2.24) is 15.5 Å². The Bertz CT molecular complexity index is 705. The van der Waals surface area contributed by atoms with Gasteiger partial charge >= 0.3 is 0 Å². The number of carbonyl (C=O) groups is 1. The molecule has 1 amide bonds. The highest BCUT2D eigenvalue weighted by molar-refractivity contribution is 8.02. The molecular formula is C15H17ClN4OS2. The number of hydrogen-bond acceptors (Lipinski definition) is 6. The number of nitrogens with zero attached hydrogens (tertiary/aromatic N) is 2. The van der Waals surface area contributed by atoms with E-state index in [-0.39, 0.29) is 11.2 Å². The lowest BCUT2D eigenvalue weighted by Crippen LogP contribution is -2.30. The Morgan fingerprint density at radius 2 is 2.30 bits per heavy atom. The van der Waals surface area contributed by atoms with Crippen LogP contribution in [-0.2, 0) is 4.79 Å². The summed E-state index contributed by atoms with van der Waals surface area (Å²) in [7, 11) is 0. The second-order valence-electron chi connectivity index (χ2n) is 4.70. The van der Waals surface area contributed by atoms with Crippen LogP contribution in [0, 0.1) is 6.92 Å². The standard InChI is InChI=1S/C15H17ClN4OS2/c1-4-8-17-13(21)10(3)22-15-20-19-14(23-15)18-12-7-5-6-11(16)9(12)2/h4-7,10H,1,8H2,2-3H3,(H,17,21)(H,18,19). The van der Waals surface area contributed by atoms with E-state index in [1.54, 1.807) is 6.08 Å². The van der Waals surface area contributed by atoms with E-state index < -0.39 is 0 Å². The maximum atomic E-state index is 11.8. The molecule has 1 unspecified atom stereocenters. The van der Waals surface area contributed by atoms with Gasteiger partial charge in [0.25, 0.3) is 0 Å². The zero-order valence-electron chi connectivity index (χ0n) is 12.8. The van der Waals surface area contributed by atoms with E-state index in [1.807, 2.05) is 32.0 Å². The van der Waals surface area contributed by atoms with Crippen molar-refractivity contribution in [2.75, 3.05) is 11.9 Å². The van der Waals surface area contributed by atoms with Gasteiger partial charge < -0.3 is 10.6 Å². The number of thioether (sulfide) groups is 1. The molecule has 0 saturated carbocycles. The summed E-state index contributed by atoms with van der Waals surface area (Å²) in [5.41, 5.74) is 1.85. The predicted molar refractivity (Wildman–Crippen MR) is 97.9 cm³/mol. The maximum absolute atomic E-state index is 11.8. The van der Waals surface area contributed by atoms with Gasteiger partial charge in [-0.2, -0.15) is 0 Å². The highest BCUT2D eigenvalue weighted by atomic mass is 35.5. The molecule has 1 heterocycles. The summed E-state index contributed by atoms with van der Waals surface area (Å²) < 4.78 is 0.730. The van der Waals surface area contributed by atoms with Crippen molar-refractivity contribution in [3.63, 3.8) is 0 Å². The van der Waals surface area contributed by atoms with E-state index >= 15 is 0 Å². The molecule has 1 aromatic carbocycles. The maximum Gasteiger partial charge on any atom is 0.233 e. The summed E-state index contributed by atoms with van der Waals surface area (Å²) in [6, 6.07) is 5.65. The van der Waals surface area contributed by atoms with E-state index in [9.17, 15) is 4.79 Å². The Kier molecular flexibility index (Phi) is 6.44. The fraction of sp³-hybridized carbons (Fsp3) is 0.267. The van der Waals surface area contributed by atoms with Crippen LogP contribution in [0.1, 0.15) is 12.5 Å². The number of halogens is 1. The molecule has 122 valence electrons. The quantitative estimate of drug-likeness (QED) is 0.570. The molecule has 5 nitrogen and oxygen atoms in total. The molecule has 1 atom stereocenters. The summed E-state index contributed by atoms with van der Waals surface area (Å²) in [6.07, 6.45) is 1.65. The molecular weight excluding hydrogens is 352 g/mol. The number of anilines is 2. The number of nitrogens with one attached hydrogen (secondary N) is 2. The van der Waals surface area contributed by atoms with Crippen LogP contribution in [0.15, 0.2) is 35.2 Å². The Morgan fingerprint density at radius 1 is 1.52 bits per heavy atom. The van der Waals surface area contributed by atoms with Crippen LogP contribution in [-0.4, -0.2) is 27.9 Å². The van der Waals surface area contributed by atoms with Gasteiger partial charge in [-0.3, -0.25) is 4.79 Å². The molecule has 8 heteroatoms. The molecule has 0 spiro atoms. The summed E-state index contributed by atoms with van der Waals surface area (Å²) in [4.78, 5) is 11.8. The molecule has 0 aliphatic heterocycles. The summed E-state index contributed by atoms with van der Waals surface area (Å²) in [5, 5.41) is 15.3.